The van der Waals surface area contributed by atoms with Crippen LogP contribution in [-0.2, 0) is 11.2 Å². The third-order valence-corrected chi connectivity index (χ3v) is 3.07. The Hall–Kier alpha value is -0.870. The molecule has 0 aliphatic heterocycles. The van der Waals surface area contributed by atoms with Gasteiger partial charge in [0.15, 0.2) is 0 Å². The number of hydrogen-bond acceptors (Lipinski definition) is 3. The Kier molecular flexibility index (Phi) is 4.62. The number of hydrogen-bond donors (Lipinski definition) is 2. The zero-order chi connectivity index (χ0) is 10.4. The molecular formula is C10H15NO2S. The monoisotopic (exact) mass is 213 g/mol. The van der Waals surface area contributed by atoms with Crippen molar-refractivity contribution in [1.82, 2.24) is 0 Å². The summed E-state index contributed by atoms with van der Waals surface area (Å²) in [6.07, 6.45) is 1.79. The van der Waals surface area contributed by atoms with Gasteiger partial charge in [-0.15, -0.1) is 11.3 Å². The largest absolute Gasteiger partial charge is 0.481 e. The molecule has 0 fully saturated rings. The van der Waals surface area contributed by atoms with Crippen LogP contribution in [0.3, 0.4) is 0 Å². The summed E-state index contributed by atoms with van der Waals surface area (Å²) >= 11 is 1.70. The van der Waals surface area contributed by atoms with E-state index < -0.39 is 5.97 Å². The van der Waals surface area contributed by atoms with Crippen LogP contribution in [0.15, 0.2) is 17.5 Å². The lowest BCUT2D eigenvalue weighted by Gasteiger charge is -2.11. The average molecular weight is 213 g/mol. The molecule has 0 spiro atoms. The Morgan fingerprint density at radius 3 is 2.93 bits per heavy atom. The summed E-state index contributed by atoms with van der Waals surface area (Å²) in [5, 5.41) is 10.6. The van der Waals surface area contributed by atoms with E-state index in [4.69, 9.17) is 10.8 Å². The van der Waals surface area contributed by atoms with E-state index in [-0.39, 0.29) is 6.42 Å². The van der Waals surface area contributed by atoms with Gasteiger partial charge in [0, 0.05) is 11.3 Å². The minimum absolute atomic E-state index is 0.216. The van der Waals surface area contributed by atoms with Crippen LogP contribution in [0, 0.1) is 5.92 Å². The Bertz CT molecular complexity index is 272. The van der Waals surface area contributed by atoms with Crippen LogP contribution >= 0.6 is 11.3 Å². The minimum Gasteiger partial charge on any atom is -0.481 e. The smallest absolute Gasteiger partial charge is 0.303 e. The van der Waals surface area contributed by atoms with Crippen LogP contribution in [0.1, 0.15) is 17.7 Å². The number of nitrogens with two attached hydrogens (primary N) is 1. The van der Waals surface area contributed by atoms with Crippen molar-refractivity contribution >= 4 is 17.3 Å². The fourth-order valence-corrected chi connectivity index (χ4v) is 2.17. The summed E-state index contributed by atoms with van der Waals surface area (Å²) in [4.78, 5) is 11.7. The van der Waals surface area contributed by atoms with Crippen molar-refractivity contribution < 1.29 is 9.90 Å². The molecular weight excluding hydrogens is 198 g/mol. The number of carboxylic acid groups (broad SMARTS) is 1. The zero-order valence-corrected chi connectivity index (χ0v) is 8.80. The van der Waals surface area contributed by atoms with Crippen LogP contribution in [-0.4, -0.2) is 17.6 Å². The molecule has 0 saturated heterocycles. The molecule has 1 heterocycles. The first kappa shape index (κ1) is 11.2. The predicted octanol–water partition coefficient (Wildman–Crippen LogP) is 1.73. The van der Waals surface area contributed by atoms with Gasteiger partial charge in [0.1, 0.15) is 0 Å². The van der Waals surface area contributed by atoms with Crippen LogP contribution in [0.25, 0.3) is 0 Å². The third kappa shape index (κ3) is 3.89. The van der Waals surface area contributed by atoms with E-state index in [2.05, 4.69) is 6.07 Å². The van der Waals surface area contributed by atoms with Gasteiger partial charge in [-0.3, -0.25) is 4.79 Å². The van der Waals surface area contributed by atoms with Crippen molar-refractivity contribution in [3.8, 4) is 0 Å². The van der Waals surface area contributed by atoms with E-state index in [9.17, 15) is 4.79 Å². The molecule has 3 N–H and O–H groups in total. The van der Waals surface area contributed by atoms with Crippen LogP contribution in [0.4, 0.5) is 0 Å². The lowest BCUT2D eigenvalue weighted by molar-refractivity contribution is -0.137. The highest BCUT2D eigenvalue weighted by Gasteiger charge is 2.10. The molecule has 0 aliphatic rings. The quantitative estimate of drug-likeness (QED) is 0.756. The minimum atomic E-state index is -0.741. The lowest BCUT2D eigenvalue weighted by atomic mass is 9.99. The molecule has 0 bridgehead atoms. The molecule has 0 aliphatic carbocycles. The van der Waals surface area contributed by atoms with Crippen molar-refractivity contribution in [2.45, 2.75) is 19.3 Å². The second-order valence-corrected chi connectivity index (χ2v) is 4.35. The molecule has 4 heteroatoms. The highest BCUT2D eigenvalue weighted by Crippen LogP contribution is 2.17. The van der Waals surface area contributed by atoms with E-state index in [0.717, 1.165) is 6.42 Å². The SMILES string of the molecule is NCC(CCC(=O)O)Cc1cccs1. The van der Waals surface area contributed by atoms with Crippen LogP contribution in [0.5, 0.6) is 0 Å². The predicted molar refractivity (Wildman–Crippen MR) is 57.4 cm³/mol. The summed E-state index contributed by atoms with van der Waals surface area (Å²) < 4.78 is 0. The van der Waals surface area contributed by atoms with Gasteiger partial charge >= 0.3 is 5.97 Å². The highest BCUT2D eigenvalue weighted by atomic mass is 32.1. The maximum absolute atomic E-state index is 10.4. The fourth-order valence-electron chi connectivity index (χ4n) is 1.34. The van der Waals surface area contributed by atoms with Crippen molar-refractivity contribution in [1.29, 1.82) is 0 Å². The first-order chi connectivity index (χ1) is 6.72. The van der Waals surface area contributed by atoms with E-state index in [0.29, 0.717) is 18.9 Å². The Morgan fingerprint density at radius 2 is 2.43 bits per heavy atom. The first-order valence-electron chi connectivity index (χ1n) is 4.66. The highest BCUT2D eigenvalue weighted by molar-refractivity contribution is 7.09. The van der Waals surface area contributed by atoms with Crippen molar-refractivity contribution in [3.63, 3.8) is 0 Å². The number of carboxylic acids is 1. The Balaban J connectivity index is 2.35. The summed E-state index contributed by atoms with van der Waals surface area (Å²) in [5.74, 6) is -0.445. The van der Waals surface area contributed by atoms with Crippen LogP contribution < -0.4 is 5.73 Å². The summed E-state index contributed by atoms with van der Waals surface area (Å²) in [5.41, 5.74) is 5.59. The molecule has 0 aromatic carbocycles. The molecule has 78 valence electrons. The molecule has 0 amide bonds. The topological polar surface area (TPSA) is 63.3 Å². The van der Waals surface area contributed by atoms with Gasteiger partial charge in [-0.2, -0.15) is 0 Å². The van der Waals surface area contributed by atoms with E-state index >= 15 is 0 Å². The summed E-state index contributed by atoms with van der Waals surface area (Å²) in [6, 6.07) is 4.07. The number of rotatable bonds is 6. The third-order valence-electron chi connectivity index (χ3n) is 2.17. The molecule has 0 saturated carbocycles. The van der Waals surface area contributed by atoms with Gasteiger partial charge < -0.3 is 10.8 Å². The van der Waals surface area contributed by atoms with Crippen molar-refractivity contribution in [3.05, 3.63) is 22.4 Å². The van der Waals surface area contributed by atoms with Gasteiger partial charge in [-0.05, 0) is 36.8 Å². The van der Waals surface area contributed by atoms with Gasteiger partial charge in [-0.25, -0.2) is 0 Å². The van der Waals surface area contributed by atoms with Gasteiger partial charge in [-0.1, -0.05) is 6.07 Å². The number of thiophene rings is 1. The van der Waals surface area contributed by atoms with Crippen molar-refractivity contribution in [2.24, 2.45) is 11.7 Å². The summed E-state index contributed by atoms with van der Waals surface area (Å²) in [7, 11) is 0. The molecule has 1 unspecified atom stereocenters. The molecule has 0 radical (unpaired) electrons. The zero-order valence-electron chi connectivity index (χ0n) is 7.98. The van der Waals surface area contributed by atoms with E-state index in [1.165, 1.54) is 4.88 Å². The van der Waals surface area contributed by atoms with Crippen molar-refractivity contribution in [2.75, 3.05) is 6.54 Å². The molecule has 1 rings (SSSR count). The second kappa shape index (κ2) is 5.78. The van der Waals surface area contributed by atoms with E-state index in [1.54, 1.807) is 11.3 Å². The number of carbonyl (C=O) groups is 1. The number of aliphatic carboxylic acids is 1. The van der Waals surface area contributed by atoms with Gasteiger partial charge in [0.05, 0.1) is 0 Å². The Labute approximate surface area is 87.6 Å². The molecule has 3 nitrogen and oxygen atoms in total. The molecule has 1 aromatic heterocycles. The maximum atomic E-state index is 10.4. The lowest BCUT2D eigenvalue weighted by Crippen LogP contribution is -2.17. The average Bonchev–Trinajstić information content (AvgIpc) is 2.64. The van der Waals surface area contributed by atoms with E-state index in [1.807, 2.05) is 11.4 Å². The second-order valence-electron chi connectivity index (χ2n) is 3.32. The summed E-state index contributed by atoms with van der Waals surface area (Å²) in [6.45, 7) is 0.561. The normalized spacial score (nSPS) is 12.6. The fraction of sp³-hybridized carbons (Fsp3) is 0.500. The standard InChI is InChI=1S/C10H15NO2S/c11-7-8(3-4-10(12)13)6-9-2-1-5-14-9/h1-2,5,8H,3-4,6-7,11H2,(H,12,13). The molecule has 1 atom stereocenters. The Morgan fingerprint density at radius 1 is 1.64 bits per heavy atom. The first-order valence-corrected chi connectivity index (χ1v) is 5.54. The van der Waals surface area contributed by atoms with Gasteiger partial charge in [0.2, 0.25) is 0 Å². The molecule has 14 heavy (non-hydrogen) atoms. The van der Waals surface area contributed by atoms with Gasteiger partial charge in [0.25, 0.3) is 0 Å². The molecule has 1 aromatic rings. The maximum Gasteiger partial charge on any atom is 0.303 e. The van der Waals surface area contributed by atoms with Crippen LogP contribution in [0.2, 0.25) is 0 Å².